The average molecular weight is 278 g/mol. The predicted molar refractivity (Wildman–Crippen MR) is 78.7 cm³/mol. The largest absolute Gasteiger partial charge is 0.478 e. The molecule has 1 aliphatic heterocycles. The monoisotopic (exact) mass is 277 g/mol. The highest BCUT2D eigenvalue weighted by molar-refractivity contribution is 6.32. The smallest absolute Gasteiger partial charge is 0.328 e. The summed E-state index contributed by atoms with van der Waals surface area (Å²) in [6, 6.07) is 5.64. The van der Waals surface area contributed by atoms with Crippen LogP contribution in [0, 0.1) is 0 Å². The molecule has 0 unspecified atom stereocenters. The van der Waals surface area contributed by atoms with Gasteiger partial charge in [-0.05, 0) is 31.6 Å². The van der Waals surface area contributed by atoms with Crippen LogP contribution in [0.1, 0.15) is 18.9 Å². The summed E-state index contributed by atoms with van der Waals surface area (Å²) in [5, 5.41) is 9.32. The minimum absolute atomic E-state index is 0.571. The van der Waals surface area contributed by atoms with Crippen LogP contribution in [0.25, 0.3) is 6.08 Å². The van der Waals surface area contributed by atoms with E-state index in [9.17, 15) is 4.79 Å². The van der Waals surface area contributed by atoms with Crippen LogP contribution in [0.15, 0.2) is 35.9 Å². The van der Waals surface area contributed by atoms with Gasteiger partial charge in [0.1, 0.15) is 0 Å². The van der Waals surface area contributed by atoms with E-state index >= 15 is 0 Å². The molecule has 100 valence electrons. The Labute approximate surface area is 117 Å². The number of hydrogen-bond acceptors (Lipinski definition) is 2. The Kier molecular flexibility index (Phi) is 4.27. The highest BCUT2D eigenvalue weighted by Crippen LogP contribution is 2.30. The van der Waals surface area contributed by atoms with Crippen molar-refractivity contribution in [3.05, 3.63) is 46.5 Å². The zero-order valence-electron chi connectivity index (χ0n) is 10.8. The first kappa shape index (κ1) is 13.7. The van der Waals surface area contributed by atoms with Crippen molar-refractivity contribution < 1.29 is 9.90 Å². The van der Waals surface area contributed by atoms with Gasteiger partial charge in [0.2, 0.25) is 0 Å². The highest BCUT2D eigenvalue weighted by atomic mass is 35.5. The Hall–Kier alpha value is -1.74. The first-order valence-electron chi connectivity index (χ1n) is 6.18. The third kappa shape index (κ3) is 3.38. The molecule has 0 aromatic heterocycles. The molecule has 4 heteroatoms. The summed E-state index contributed by atoms with van der Waals surface area (Å²) in [5.41, 5.74) is 3.13. The van der Waals surface area contributed by atoms with Gasteiger partial charge in [-0.25, -0.2) is 4.79 Å². The van der Waals surface area contributed by atoms with Crippen molar-refractivity contribution in [2.45, 2.75) is 13.3 Å². The number of anilines is 1. The molecule has 19 heavy (non-hydrogen) atoms. The molecule has 1 aromatic rings. The van der Waals surface area contributed by atoms with Gasteiger partial charge in [-0.15, -0.1) is 0 Å². The number of halogens is 1. The van der Waals surface area contributed by atoms with E-state index in [2.05, 4.69) is 17.9 Å². The van der Waals surface area contributed by atoms with Gasteiger partial charge >= 0.3 is 5.97 Å². The number of benzene rings is 1. The number of aliphatic carboxylic acids is 1. The zero-order valence-corrected chi connectivity index (χ0v) is 11.5. The van der Waals surface area contributed by atoms with E-state index in [4.69, 9.17) is 16.7 Å². The second kappa shape index (κ2) is 5.93. The molecule has 0 spiro atoms. The molecule has 0 saturated carbocycles. The summed E-state index contributed by atoms with van der Waals surface area (Å²) >= 11 is 6.17. The Morgan fingerprint density at radius 2 is 2.26 bits per heavy atom. The van der Waals surface area contributed by atoms with Crippen molar-refractivity contribution in [3.8, 4) is 0 Å². The standard InChI is InChI=1S/C15H16ClNO2/c1-11-7-9-17(10-8-11)14-4-2-3-13(16)12(14)5-6-15(18)19/h2-7H,8-10H2,1H3,(H,18,19)/b6-5+. The van der Waals surface area contributed by atoms with Gasteiger partial charge in [0.25, 0.3) is 0 Å². The number of hydrogen-bond donors (Lipinski definition) is 1. The molecule has 0 bridgehead atoms. The topological polar surface area (TPSA) is 40.5 Å². The van der Waals surface area contributed by atoms with Crippen LogP contribution in [0.2, 0.25) is 5.02 Å². The first-order chi connectivity index (χ1) is 9.08. The molecule has 0 aliphatic carbocycles. The SMILES string of the molecule is CC1=CCN(c2cccc(Cl)c2/C=C/C(=O)O)CC1. The van der Waals surface area contributed by atoms with E-state index in [1.165, 1.54) is 5.57 Å². The molecule has 1 aliphatic rings. The molecular formula is C15H16ClNO2. The maximum Gasteiger partial charge on any atom is 0.328 e. The maximum atomic E-state index is 10.7. The van der Waals surface area contributed by atoms with Crippen molar-refractivity contribution in [2.75, 3.05) is 18.0 Å². The van der Waals surface area contributed by atoms with Gasteiger partial charge in [0.05, 0.1) is 0 Å². The summed E-state index contributed by atoms with van der Waals surface area (Å²) in [6.07, 6.45) is 5.89. The van der Waals surface area contributed by atoms with E-state index < -0.39 is 5.97 Å². The fourth-order valence-corrected chi connectivity index (χ4v) is 2.34. The summed E-state index contributed by atoms with van der Waals surface area (Å²) in [7, 11) is 0. The molecule has 0 fully saturated rings. The molecule has 1 aromatic carbocycles. The van der Waals surface area contributed by atoms with Crippen LogP contribution in [0.5, 0.6) is 0 Å². The van der Waals surface area contributed by atoms with E-state index in [0.29, 0.717) is 5.02 Å². The van der Waals surface area contributed by atoms with Crippen molar-refractivity contribution >= 4 is 29.3 Å². The van der Waals surface area contributed by atoms with Gasteiger partial charge in [0, 0.05) is 35.4 Å². The number of carbonyl (C=O) groups is 1. The van der Waals surface area contributed by atoms with Gasteiger partial charge in [0.15, 0.2) is 0 Å². The molecule has 1 heterocycles. The highest BCUT2D eigenvalue weighted by Gasteiger charge is 2.14. The molecule has 2 rings (SSSR count). The Morgan fingerprint density at radius 1 is 1.47 bits per heavy atom. The Balaban J connectivity index is 2.35. The summed E-state index contributed by atoms with van der Waals surface area (Å²) in [6.45, 7) is 3.89. The number of carboxylic acid groups (broad SMARTS) is 1. The van der Waals surface area contributed by atoms with E-state index in [0.717, 1.165) is 36.8 Å². The van der Waals surface area contributed by atoms with Crippen molar-refractivity contribution in [2.24, 2.45) is 0 Å². The van der Waals surface area contributed by atoms with Crippen LogP contribution in [0.3, 0.4) is 0 Å². The van der Waals surface area contributed by atoms with Crippen LogP contribution in [-0.2, 0) is 4.79 Å². The first-order valence-corrected chi connectivity index (χ1v) is 6.56. The van der Waals surface area contributed by atoms with E-state index in [1.807, 2.05) is 12.1 Å². The quantitative estimate of drug-likeness (QED) is 0.678. The van der Waals surface area contributed by atoms with Crippen LogP contribution in [-0.4, -0.2) is 24.2 Å². The fourth-order valence-electron chi connectivity index (χ4n) is 2.11. The molecule has 0 amide bonds. The van der Waals surface area contributed by atoms with E-state index in [-0.39, 0.29) is 0 Å². The van der Waals surface area contributed by atoms with Gasteiger partial charge in [-0.1, -0.05) is 29.3 Å². The van der Waals surface area contributed by atoms with E-state index in [1.54, 1.807) is 12.1 Å². The molecular weight excluding hydrogens is 262 g/mol. The third-order valence-electron chi connectivity index (χ3n) is 3.20. The number of rotatable bonds is 3. The van der Waals surface area contributed by atoms with Crippen molar-refractivity contribution in [1.82, 2.24) is 0 Å². The minimum Gasteiger partial charge on any atom is -0.478 e. The lowest BCUT2D eigenvalue weighted by atomic mass is 10.1. The number of nitrogens with zero attached hydrogens (tertiary/aromatic N) is 1. The Bertz CT molecular complexity index is 549. The van der Waals surface area contributed by atoms with Crippen molar-refractivity contribution in [3.63, 3.8) is 0 Å². The predicted octanol–water partition coefficient (Wildman–Crippen LogP) is 3.59. The van der Waals surface area contributed by atoms with Crippen LogP contribution < -0.4 is 4.90 Å². The summed E-state index contributed by atoms with van der Waals surface area (Å²) in [4.78, 5) is 12.9. The number of carboxylic acids is 1. The lowest BCUT2D eigenvalue weighted by molar-refractivity contribution is -0.131. The summed E-state index contributed by atoms with van der Waals surface area (Å²) < 4.78 is 0. The zero-order chi connectivity index (χ0) is 13.8. The summed E-state index contributed by atoms with van der Waals surface area (Å²) in [5.74, 6) is -0.972. The molecule has 0 radical (unpaired) electrons. The second-order valence-corrected chi connectivity index (χ2v) is 5.00. The Morgan fingerprint density at radius 3 is 2.89 bits per heavy atom. The van der Waals surface area contributed by atoms with Crippen LogP contribution >= 0.6 is 11.6 Å². The normalized spacial score (nSPS) is 15.7. The van der Waals surface area contributed by atoms with Gasteiger partial charge in [-0.3, -0.25) is 0 Å². The second-order valence-electron chi connectivity index (χ2n) is 4.59. The molecule has 1 N–H and O–H groups in total. The van der Waals surface area contributed by atoms with Crippen molar-refractivity contribution in [1.29, 1.82) is 0 Å². The lowest BCUT2D eigenvalue weighted by Crippen LogP contribution is -2.28. The molecule has 3 nitrogen and oxygen atoms in total. The van der Waals surface area contributed by atoms with Gasteiger partial charge < -0.3 is 10.0 Å². The average Bonchev–Trinajstić information content (AvgIpc) is 2.38. The van der Waals surface area contributed by atoms with Crippen LogP contribution in [0.4, 0.5) is 5.69 Å². The minimum atomic E-state index is -0.972. The fraction of sp³-hybridized carbons (Fsp3) is 0.267. The molecule has 0 saturated heterocycles. The van der Waals surface area contributed by atoms with Gasteiger partial charge in [-0.2, -0.15) is 0 Å². The third-order valence-corrected chi connectivity index (χ3v) is 3.53. The molecule has 0 atom stereocenters. The lowest BCUT2D eigenvalue weighted by Gasteiger charge is -2.29. The maximum absolute atomic E-state index is 10.7.